The summed E-state index contributed by atoms with van der Waals surface area (Å²) >= 11 is 0. The molecule has 7 heteroatoms. The highest BCUT2D eigenvalue weighted by Gasteiger charge is 2.34. The molecule has 0 atom stereocenters. The molecule has 3 rings (SSSR count). The molecule has 1 aliphatic carbocycles. The first-order chi connectivity index (χ1) is 10.7. The number of fused-ring (bicyclic) bond motifs is 1. The third kappa shape index (κ3) is 3.48. The van der Waals surface area contributed by atoms with Crippen LogP contribution in [0.2, 0.25) is 0 Å². The Kier molecular flexibility index (Phi) is 5.59. The molecule has 1 heterocycles. The lowest BCUT2D eigenvalue weighted by atomic mass is 9.97. The maximum atomic E-state index is 12.6. The predicted octanol–water partition coefficient (Wildman–Crippen LogP) is 1.89. The Morgan fingerprint density at radius 1 is 1.30 bits per heavy atom. The highest BCUT2D eigenvalue weighted by Crippen LogP contribution is 2.40. The Hall–Kier alpha value is -1.66. The van der Waals surface area contributed by atoms with E-state index in [1.807, 2.05) is 0 Å². The van der Waals surface area contributed by atoms with Crippen molar-refractivity contribution in [2.45, 2.75) is 31.2 Å². The van der Waals surface area contributed by atoms with Crippen LogP contribution in [0.5, 0.6) is 17.2 Å². The Morgan fingerprint density at radius 3 is 2.65 bits per heavy atom. The first kappa shape index (κ1) is 17.7. The van der Waals surface area contributed by atoms with Gasteiger partial charge >= 0.3 is 0 Å². The Bertz CT molecular complexity index is 556. The number of hydrogen-bond acceptors (Lipinski definition) is 5. The molecule has 0 spiro atoms. The van der Waals surface area contributed by atoms with Gasteiger partial charge in [-0.15, -0.1) is 12.4 Å². The van der Waals surface area contributed by atoms with Crippen molar-refractivity contribution in [2.24, 2.45) is 5.73 Å². The van der Waals surface area contributed by atoms with Gasteiger partial charge in [0.1, 0.15) is 13.2 Å². The van der Waals surface area contributed by atoms with Crippen molar-refractivity contribution in [2.75, 3.05) is 26.9 Å². The van der Waals surface area contributed by atoms with Gasteiger partial charge < -0.3 is 25.3 Å². The number of nitrogens with one attached hydrogen (secondary N) is 1. The predicted molar refractivity (Wildman–Crippen MR) is 89.0 cm³/mol. The minimum Gasteiger partial charge on any atom is -0.493 e. The molecule has 3 N–H and O–H groups in total. The first-order valence-electron chi connectivity index (χ1n) is 7.68. The standard InChI is InChI=1S/C16H22N2O4.ClH/c1-20-12-8-11(9-13-14(12)22-7-6-21-13)15(19)18-16(10-17)4-2-3-5-16;/h8-9H,2-7,10,17H2,1H3,(H,18,19);1H. The lowest BCUT2D eigenvalue weighted by molar-refractivity contribution is 0.0901. The van der Waals surface area contributed by atoms with E-state index in [2.05, 4.69) is 5.32 Å². The molecule has 1 aromatic carbocycles. The highest BCUT2D eigenvalue weighted by atomic mass is 35.5. The smallest absolute Gasteiger partial charge is 0.252 e. The summed E-state index contributed by atoms with van der Waals surface area (Å²) in [5.41, 5.74) is 6.10. The summed E-state index contributed by atoms with van der Waals surface area (Å²) in [6, 6.07) is 3.38. The van der Waals surface area contributed by atoms with Gasteiger partial charge in [-0.3, -0.25) is 4.79 Å². The lowest BCUT2D eigenvalue weighted by Crippen LogP contribution is -2.51. The van der Waals surface area contributed by atoms with Crippen LogP contribution in [0.1, 0.15) is 36.0 Å². The zero-order valence-corrected chi connectivity index (χ0v) is 14.0. The van der Waals surface area contributed by atoms with Crippen LogP contribution in [0.25, 0.3) is 0 Å². The fourth-order valence-electron chi connectivity index (χ4n) is 3.15. The second kappa shape index (κ2) is 7.27. The number of amides is 1. The number of nitrogens with two attached hydrogens (primary N) is 1. The molecule has 0 radical (unpaired) electrons. The zero-order chi connectivity index (χ0) is 15.6. The number of ether oxygens (including phenoxy) is 3. The molecule has 1 amide bonds. The topological polar surface area (TPSA) is 82.8 Å². The van der Waals surface area contributed by atoms with Crippen LogP contribution < -0.4 is 25.3 Å². The highest BCUT2D eigenvalue weighted by molar-refractivity contribution is 5.96. The summed E-state index contributed by atoms with van der Waals surface area (Å²) in [4.78, 5) is 12.6. The molecule has 2 aliphatic rings. The molecule has 128 valence electrons. The van der Waals surface area contributed by atoms with Crippen molar-refractivity contribution in [3.8, 4) is 17.2 Å². The fourth-order valence-corrected chi connectivity index (χ4v) is 3.15. The van der Waals surface area contributed by atoms with Gasteiger partial charge in [0.15, 0.2) is 11.5 Å². The number of hydrogen-bond donors (Lipinski definition) is 2. The van der Waals surface area contributed by atoms with Gasteiger partial charge in [-0.05, 0) is 25.0 Å². The van der Waals surface area contributed by atoms with Crippen LogP contribution >= 0.6 is 12.4 Å². The minimum atomic E-state index is -0.280. The number of methoxy groups -OCH3 is 1. The third-order valence-corrected chi connectivity index (χ3v) is 4.42. The van der Waals surface area contributed by atoms with E-state index in [1.165, 1.54) is 0 Å². The van der Waals surface area contributed by atoms with Crippen LogP contribution in [0, 0.1) is 0 Å². The maximum absolute atomic E-state index is 12.6. The van der Waals surface area contributed by atoms with Crippen LogP contribution in [-0.4, -0.2) is 38.3 Å². The van der Waals surface area contributed by atoms with Gasteiger partial charge in [0.2, 0.25) is 5.75 Å². The maximum Gasteiger partial charge on any atom is 0.252 e. The number of benzene rings is 1. The number of rotatable bonds is 4. The Labute approximate surface area is 142 Å². The van der Waals surface area contributed by atoms with Crippen LogP contribution in [0.3, 0.4) is 0 Å². The van der Waals surface area contributed by atoms with E-state index in [1.54, 1.807) is 19.2 Å². The normalized spacial score (nSPS) is 18.0. The molecule has 6 nitrogen and oxygen atoms in total. The van der Waals surface area contributed by atoms with Gasteiger partial charge in [-0.1, -0.05) is 12.8 Å². The van der Waals surface area contributed by atoms with Gasteiger partial charge in [-0.25, -0.2) is 0 Å². The molecule has 1 aliphatic heterocycles. The van der Waals surface area contributed by atoms with Crippen LogP contribution in [-0.2, 0) is 0 Å². The molecular formula is C16H23ClN2O4. The fraction of sp³-hybridized carbons (Fsp3) is 0.562. The molecular weight excluding hydrogens is 320 g/mol. The molecule has 1 fully saturated rings. The molecule has 23 heavy (non-hydrogen) atoms. The van der Waals surface area contributed by atoms with Gasteiger partial charge in [0.05, 0.1) is 12.6 Å². The number of carbonyl (C=O) groups excluding carboxylic acids is 1. The van der Waals surface area contributed by atoms with Crippen molar-refractivity contribution < 1.29 is 19.0 Å². The van der Waals surface area contributed by atoms with Gasteiger partial charge in [0.25, 0.3) is 5.91 Å². The van der Waals surface area contributed by atoms with E-state index in [-0.39, 0.29) is 23.9 Å². The van der Waals surface area contributed by atoms with Crippen LogP contribution in [0.4, 0.5) is 0 Å². The quantitative estimate of drug-likeness (QED) is 0.873. The average molecular weight is 343 g/mol. The van der Waals surface area contributed by atoms with E-state index >= 15 is 0 Å². The number of halogens is 1. The summed E-state index contributed by atoms with van der Waals surface area (Å²) in [7, 11) is 1.55. The average Bonchev–Trinajstić information content (AvgIpc) is 3.02. The summed E-state index contributed by atoms with van der Waals surface area (Å²) in [6.07, 6.45) is 4.05. The monoisotopic (exact) mass is 342 g/mol. The molecule has 0 saturated heterocycles. The SMILES string of the molecule is COc1cc(C(=O)NC2(CN)CCCC2)cc2c1OCCO2.Cl. The van der Waals surface area contributed by atoms with Gasteiger partial charge in [-0.2, -0.15) is 0 Å². The van der Waals surface area contributed by atoms with Crippen molar-refractivity contribution in [1.82, 2.24) is 5.32 Å². The second-order valence-electron chi connectivity index (χ2n) is 5.85. The minimum absolute atomic E-state index is 0. The van der Waals surface area contributed by atoms with Gasteiger partial charge in [0, 0.05) is 12.1 Å². The lowest BCUT2D eigenvalue weighted by Gasteiger charge is -2.29. The summed E-state index contributed by atoms with van der Waals surface area (Å²) in [6.45, 7) is 1.40. The summed E-state index contributed by atoms with van der Waals surface area (Å²) < 4.78 is 16.4. The van der Waals surface area contributed by atoms with E-state index in [4.69, 9.17) is 19.9 Å². The molecule has 1 aromatic rings. The van der Waals surface area contributed by atoms with Crippen molar-refractivity contribution in [3.63, 3.8) is 0 Å². The van der Waals surface area contributed by atoms with E-state index in [0.717, 1.165) is 25.7 Å². The zero-order valence-electron chi connectivity index (χ0n) is 13.2. The Balaban J connectivity index is 0.00000192. The van der Waals surface area contributed by atoms with E-state index in [9.17, 15) is 4.79 Å². The summed E-state index contributed by atoms with van der Waals surface area (Å²) in [5, 5.41) is 3.10. The number of carbonyl (C=O) groups is 1. The first-order valence-corrected chi connectivity index (χ1v) is 7.68. The molecule has 0 aromatic heterocycles. The van der Waals surface area contributed by atoms with Crippen molar-refractivity contribution in [3.05, 3.63) is 17.7 Å². The van der Waals surface area contributed by atoms with Crippen LogP contribution in [0.15, 0.2) is 12.1 Å². The largest absolute Gasteiger partial charge is 0.493 e. The van der Waals surface area contributed by atoms with E-state index in [0.29, 0.717) is 42.6 Å². The third-order valence-electron chi connectivity index (χ3n) is 4.42. The van der Waals surface area contributed by atoms with Crippen molar-refractivity contribution >= 4 is 18.3 Å². The van der Waals surface area contributed by atoms with Crippen molar-refractivity contribution in [1.29, 1.82) is 0 Å². The summed E-state index contributed by atoms with van der Waals surface area (Å²) in [5.74, 6) is 1.46. The molecule has 0 bridgehead atoms. The molecule has 1 saturated carbocycles. The van der Waals surface area contributed by atoms with E-state index < -0.39 is 0 Å². The Morgan fingerprint density at radius 2 is 2.00 bits per heavy atom. The molecule has 0 unspecified atom stereocenters. The second-order valence-corrected chi connectivity index (χ2v) is 5.85.